The highest BCUT2D eigenvalue weighted by Gasteiger charge is 2.30. The van der Waals surface area contributed by atoms with Gasteiger partial charge in [-0.3, -0.25) is 0 Å². The molecule has 1 rings (SSSR count). The molecule has 0 heterocycles. The van der Waals surface area contributed by atoms with Gasteiger partial charge in [0.2, 0.25) is 0 Å². The Morgan fingerprint density at radius 1 is 1.22 bits per heavy atom. The number of hydrogen-bond donors (Lipinski definition) is 1. The molecule has 3 nitrogen and oxygen atoms in total. The van der Waals surface area contributed by atoms with Crippen molar-refractivity contribution in [3.63, 3.8) is 0 Å². The van der Waals surface area contributed by atoms with Crippen molar-refractivity contribution in [2.24, 2.45) is 5.92 Å². The number of nitrogens with one attached hydrogen (secondary N) is 1. The number of aryl methyl sites for hydroxylation is 2. The van der Waals surface area contributed by atoms with Crippen LogP contribution in [-0.2, 0) is 9.84 Å². The molecule has 0 fully saturated rings. The molecule has 1 unspecified atom stereocenters. The van der Waals surface area contributed by atoms with Crippen LogP contribution in [0, 0.1) is 19.8 Å². The molecule has 0 aromatic heterocycles. The number of sulfone groups is 1. The number of rotatable bonds is 5. The summed E-state index contributed by atoms with van der Waals surface area (Å²) < 4.78 is 25.4. The fourth-order valence-corrected chi connectivity index (χ4v) is 4.38. The molecule has 1 aromatic rings. The predicted molar refractivity (Wildman–Crippen MR) is 75.7 cm³/mol. The molecule has 1 N–H and O–H groups in total. The van der Waals surface area contributed by atoms with Crippen LogP contribution in [0.15, 0.2) is 23.1 Å². The van der Waals surface area contributed by atoms with Gasteiger partial charge < -0.3 is 5.32 Å². The van der Waals surface area contributed by atoms with Crippen LogP contribution in [0.2, 0.25) is 0 Å². The summed E-state index contributed by atoms with van der Waals surface area (Å²) in [5.74, 6) is 0.0855. The van der Waals surface area contributed by atoms with Crippen molar-refractivity contribution >= 4 is 9.84 Å². The van der Waals surface area contributed by atoms with E-state index in [-0.39, 0.29) is 11.2 Å². The molecule has 0 bridgehead atoms. The molecular weight excluding hydrogens is 246 g/mol. The van der Waals surface area contributed by atoms with Crippen LogP contribution in [0.1, 0.15) is 25.0 Å². The summed E-state index contributed by atoms with van der Waals surface area (Å²) in [6, 6.07) is 5.59. The third-order valence-electron chi connectivity index (χ3n) is 3.20. The van der Waals surface area contributed by atoms with Gasteiger partial charge in [0.05, 0.1) is 10.1 Å². The molecule has 1 aromatic carbocycles. The van der Waals surface area contributed by atoms with E-state index in [0.29, 0.717) is 11.4 Å². The maximum Gasteiger partial charge on any atom is 0.182 e. The summed E-state index contributed by atoms with van der Waals surface area (Å²) in [7, 11) is -1.49. The highest BCUT2D eigenvalue weighted by atomic mass is 32.2. The maximum atomic E-state index is 12.7. The van der Waals surface area contributed by atoms with E-state index >= 15 is 0 Å². The number of benzene rings is 1. The van der Waals surface area contributed by atoms with Gasteiger partial charge in [0, 0.05) is 6.54 Å². The molecule has 1 atom stereocenters. The van der Waals surface area contributed by atoms with Crippen molar-refractivity contribution in [3.8, 4) is 0 Å². The van der Waals surface area contributed by atoms with Gasteiger partial charge in [-0.05, 0) is 44.0 Å². The average Bonchev–Trinajstić information content (AvgIpc) is 2.28. The average molecular weight is 269 g/mol. The van der Waals surface area contributed by atoms with Gasteiger partial charge in [-0.1, -0.05) is 26.0 Å². The largest absolute Gasteiger partial charge is 0.318 e. The van der Waals surface area contributed by atoms with Crippen LogP contribution in [0.4, 0.5) is 0 Å². The molecule has 0 amide bonds. The molecule has 0 aliphatic carbocycles. The zero-order valence-electron chi connectivity index (χ0n) is 11.8. The van der Waals surface area contributed by atoms with E-state index in [9.17, 15) is 8.42 Å². The third-order valence-corrected chi connectivity index (χ3v) is 5.76. The molecule has 0 spiro atoms. The molecule has 0 aliphatic heterocycles. The van der Waals surface area contributed by atoms with Gasteiger partial charge in [-0.2, -0.15) is 0 Å². The summed E-state index contributed by atoms with van der Waals surface area (Å²) in [6.45, 7) is 8.15. The Morgan fingerprint density at radius 3 is 2.33 bits per heavy atom. The quantitative estimate of drug-likeness (QED) is 0.892. The maximum absolute atomic E-state index is 12.7. The van der Waals surface area contributed by atoms with Gasteiger partial charge in [-0.15, -0.1) is 0 Å². The van der Waals surface area contributed by atoms with Crippen LogP contribution in [-0.4, -0.2) is 27.3 Å². The highest BCUT2D eigenvalue weighted by Crippen LogP contribution is 2.25. The fraction of sp³-hybridized carbons (Fsp3) is 0.571. The Labute approximate surface area is 111 Å². The van der Waals surface area contributed by atoms with Crippen molar-refractivity contribution in [1.82, 2.24) is 5.32 Å². The Bertz CT molecular complexity index is 507. The van der Waals surface area contributed by atoms with E-state index in [1.807, 2.05) is 39.8 Å². The molecule has 0 saturated heterocycles. The SMILES string of the molecule is CNCC(C(C)C)S(=O)(=O)c1cc(C)ccc1C. The van der Waals surface area contributed by atoms with E-state index in [4.69, 9.17) is 0 Å². The Hall–Kier alpha value is -0.870. The second-order valence-electron chi connectivity index (χ2n) is 5.15. The monoisotopic (exact) mass is 269 g/mol. The van der Waals surface area contributed by atoms with Crippen molar-refractivity contribution in [1.29, 1.82) is 0 Å². The highest BCUT2D eigenvalue weighted by molar-refractivity contribution is 7.92. The zero-order chi connectivity index (χ0) is 13.9. The van der Waals surface area contributed by atoms with Crippen LogP contribution in [0.3, 0.4) is 0 Å². The van der Waals surface area contributed by atoms with Gasteiger partial charge in [0.15, 0.2) is 9.84 Å². The minimum atomic E-state index is -3.28. The Kier molecular flexibility index (Phi) is 4.93. The molecule has 0 saturated carbocycles. The predicted octanol–water partition coefficient (Wildman–Crippen LogP) is 2.32. The molecule has 18 heavy (non-hydrogen) atoms. The van der Waals surface area contributed by atoms with Crippen LogP contribution in [0.25, 0.3) is 0 Å². The molecule has 4 heteroatoms. The zero-order valence-corrected chi connectivity index (χ0v) is 12.6. The van der Waals surface area contributed by atoms with E-state index in [2.05, 4.69) is 5.32 Å². The van der Waals surface area contributed by atoms with Crippen molar-refractivity contribution in [2.45, 2.75) is 37.8 Å². The normalized spacial score (nSPS) is 13.9. The smallest absolute Gasteiger partial charge is 0.182 e. The van der Waals surface area contributed by atoms with E-state index in [1.54, 1.807) is 13.1 Å². The van der Waals surface area contributed by atoms with Gasteiger partial charge in [0.25, 0.3) is 0 Å². The second kappa shape index (κ2) is 5.85. The van der Waals surface area contributed by atoms with E-state index in [1.165, 1.54) is 0 Å². The number of hydrogen-bond acceptors (Lipinski definition) is 3. The lowest BCUT2D eigenvalue weighted by Gasteiger charge is -2.22. The van der Waals surface area contributed by atoms with E-state index < -0.39 is 9.84 Å². The van der Waals surface area contributed by atoms with Crippen LogP contribution in [0.5, 0.6) is 0 Å². The Balaban J connectivity index is 3.30. The lowest BCUT2D eigenvalue weighted by Crippen LogP contribution is -2.36. The second-order valence-corrected chi connectivity index (χ2v) is 7.29. The summed E-state index contributed by atoms with van der Waals surface area (Å²) in [4.78, 5) is 0.469. The minimum Gasteiger partial charge on any atom is -0.318 e. The van der Waals surface area contributed by atoms with Crippen LogP contribution < -0.4 is 5.32 Å². The molecule has 0 aliphatic rings. The van der Waals surface area contributed by atoms with Crippen LogP contribution >= 0.6 is 0 Å². The summed E-state index contributed by atoms with van der Waals surface area (Å²) in [5.41, 5.74) is 1.80. The summed E-state index contributed by atoms with van der Waals surface area (Å²) in [5, 5.41) is 2.59. The summed E-state index contributed by atoms with van der Waals surface area (Å²) in [6.07, 6.45) is 0. The third kappa shape index (κ3) is 3.12. The van der Waals surface area contributed by atoms with Crippen molar-refractivity contribution < 1.29 is 8.42 Å². The topological polar surface area (TPSA) is 46.2 Å². The van der Waals surface area contributed by atoms with Crippen molar-refractivity contribution in [2.75, 3.05) is 13.6 Å². The molecule has 102 valence electrons. The first-order valence-electron chi connectivity index (χ1n) is 6.26. The molecule has 0 radical (unpaired) electrons. The van der Waals surface area contributed by atoms with Gasteiger partial charge in [0.1, 0.15) is 0 Å². The lowest BCUT2D eigenvalue weighted by atomic mass is 10.1. The van der Waals surface area contributed by atoms with E-state index in [0.717, 1.165) is 11.1 Å². The first-order chi connectivity index (χ1) is 8.30. The fourth-order valence-electron chi connectivity index (χ4n) is 2.08. The first kappa shape index (κ1) is 15.2. The molecular formula is C14H23NO2S. The standard InChI is InChI=1S/C14H23NO2S/c1-10(2)14(9-15-5)18(16,17)13-8-11(3)6-7-12(13)4/h6-8,10,14-15H,9H2,1-5H3. The minimum absolute atomic E-state index is 0.0855. The van der Waals surface area contributed by atoms with Gasteiger partial charge >= 0.3 is 0 Å². The van der Waals surface area contributed by atoms with Crippen molar-refractivity contribution in [3.05, 3.63) is 29.3 Å². The van der Waals surface area contributed by atoms with Gasteiger partial charge in [-0.25, -0.2) is 8.42 Å². The summed E-state index contributed by atoms with van der Waals surface area (Å²) >= 11 is 0. The Morgan fingerprint density at radius 2 is 1.83 bits per heavy atom. The first-order valence-corrected chi connectivity index (χ1v) is 7.81. The lowest BCUT2D eigenvalue weighted by molar-refractivity contribution is 0.516.